The number of nitrogens with zero attached hydrogens (tertiary/aromatic N) is 2. The first-order chi connectivity index (χ1) is 8.36. The molecule has 0 aromatic carbocycles. The van der Waals surface area contributed by atoms with E-state index in [9.17, 15) is 0 Å². The standard InChI is InChI=1S/C11H14N2O4/c1-15-12-10-8-4-2-3-5-9(8)17-11(10)13-16-7-6-14/h4-5,14H,2-3,6-7H2,1H3/b12-10-,13-11-. The van der Waals surface area contributed by atoms with Crippen molar-refractivity contribution in [1.82, 2.24) is 0 Å². The third-order valence-electron chi connectivity index (χ3n) is 2.29. The van der Waals surface area contributed by atoms with Crippen molar-refractivity contribution in [3.63, 3.8) is 0 Å². The fourth-order valence-electron chi connectivity index (χ4n) is 1.62. The van der Waals surface area contributed by atoms with Crippen molar-refractivity contribution in [3.8, 4) is 0 Å². The summed E-state index contributed by atoms with van der Waals surface area (Å²) in [6.07, 6.45) is 5.89. The van der Waals surface area contributed by atoms with E-state index in [1.54, 1.807) is 0 Å². The first-order valence-electron chi connectivity index (χ1n) is 5.38. The molecule has 17 heavy (non-hydrogen) atoms. The van der Waals surface area contributed by atoms with Crippen LogP contribution in [0.1, 0.15) is 12.8 Å². The molecule has 0 aromatic rings. The fraction of sp³-hybridized carbons (Fsp3) is 0.455. The van der Waals surface area contributed by atoms with Gasteiger partial charge in [-0.25, -0.2) is 0 Å². The van der Waals surface area contributed by atoms with E-state index in [-0.39, 0.29) is 19.1 Å². The number of hydrogen-bond acceptors (Lipinski definition) is 6. The molecule has 2 aliphatic rings. The molecule has 0 atom stereocenters. The lowest BCUT2D eigenvalue weighted by atomic mass is 10.0. The average molecular weight is 238 g/mol. The minimum Gasteiger partial charge on any atom is -0.434 e. The number of aliphatic hydroxyl groups is 1. The number of aliphatic hydroxyl groups excluding tert-OH is 1. The fourth-order valence-corrected chi connectivity index (χ4v) is 1.62. The maximum absolute atomic E-state index is 8.60. The number of oxime groups is 2. The molecule has 0 unspecified atom stereocenters. The van der Waals surface area contributed by atoms with Gasteiger partial charge in [0.2, 0.25) is 0 Å². The second-order valence-corrected chi connectivity index (χ2v) is 3.44. The van der Waals surface area contributed by atoms with Crippen LogP contribution in [0.25, 0.3) is 0 Å². The molecule has 6 heteroatoms. The molecule has 0 radical (unpaired) electrons. The number of rotatable bonds is 4. The van der Waals surface area contributed by atoms with Crippen LogP contribution in [0.15, 0.2) is 33.8 Å². The van der Waals surface area contributed by atoms with Gasteiger partial charge in [-0.3, -0.25) is 0 Å². The van der Waals surface area contributed by atoms with E-state index in [1.807, 2.05) is 12.2 Å². The molecule has 92 valence electrons. The molecule has 1 heterocycles. The Morgan fingerprint density at radius 1 is 1.35 bits per heavy atom. The summed E-state index contributed by atoms with van der Waals surface area (Å²) in [5.74, 6) is 0.998. The smallest absolute Gasteiger partial charge is 0.286 e. The molecule has 0 bridgehead atoms. The Labute approximate surface area is 98.8 Å². The predicted molar refractivity (Wildman–Crippen MR) is 61.4 cm³/mol. The Morgan fingerprint density at radius 3 is 2.94 bits per heavy atom. The summed E-state index contributed by atoms with van der Waals surface area (Å²) >= 11 is 0. The van der Waals surface area contributed by atoms with Gasteiger partial charge in [-0.2, -0.15) is 0 Å². The molecular formula is C11H14N2O4. The third kappa shape index (κ3) is 2.47. The Balaban J connectivity index is 2.22. The van der Waals surface area contributed by atoms with Gasteiger partial charge < -0.3 is 19.5 Å². The van der Waals surface area contributed by atoms with Crippen LogP contribution in [0.5, 0.6) is 0 Å². The van der Waals surface area contributed by atoms with Crippen molar-refractivity contribution in [2.24, 2.45) is 10.3 Å². The minimum atomic E-state index is -0.0983. The van der Waals surface area contributed by atoms with E-state index in [1.165, 1.54) is 7.11 Å². The summed E-state index contributed by atoms with van der Waals surface area (Å²) in [4.78, 5) is 9.64. The highest BCUT2D eigenvalue weighted by molar-refractivity contribution is 6.48. The highest BCUT2D eigenvalue weighted by atomic mass is 16.7. The van der Waals surface area contributed by atoms with Gasteiger partial charge in [-0.15, -0.1) is 0 Å². The molecule has 1 aliphatic heterocycles. The normalized spacial score (nSPS) is 22.9. The van der Waals surface area contributed by atoms with Crippen LogP contribution in [0, 0.1) is 0 Å². The highest BCUT2D eigenvalue weighted by Crippen LogP contribution is 2.28. The van der Waals surface area contributed by atoms with E-state index in [0.717, 1.165) is 24.2 Å². The lowest BCUT2D eigenvalue weighted by Crippen LogP contribution is -2.11. The number of fused-ring (bicyclic) bond motifs is 1. The summed E-state index contributed by atoms with van der Waals surface area (Å²) in [6.45, 7) is 0.0180. The predicted octanol–water partition coefficient (Wildman–Crippen LogP) is 0.946. The molecule has 1 N–H and O–H groups in total. The van der Waals surface area contributed by atoms with Gasteiger partial charge >= 0.3 is 0 Å². The zero-order chi connectivity index (χ0) is 12.1. The van der Waals surface area contributed by atoms with Gasteiger partial charge in [0.05, 0.1) is 6.61 Å². The average Bonchev–Trinajstić information content (AvgIpc) is 2.69. The van der Waals surface area contributed by atoms with Crippen LogP contribution >= 0.6 is 0 Å². The summed E-state index contributed by atoms with van der Waals surface area (Å²) in [7, 11) is 1.46. The van der Waals surface area contributed by atoms with Gasteiger partial charge in [-0.1, -0.05) is 11.2 Å². The highest BCUT2D eigenvalue weighted by Gasteiger charge is 2.32. The molecule has 6 nitrogen and oxygen atoms in total. The van der Waals surface area contributed by atoms with Crippen molar-refractivity contribution < 1.29 is 19.5 Å². The molecule has 0 aromatic heterocycles. The summed E-state index contributed by atoms with van der Waals surface area (Å²) in [5, 5.41) is 16.3. The van der Waals surface area contributed by atoms with Gasteiger partial charge in [0, 0.05) is 5.57 Å². The molecule has 2 rings (SSSR count). The zero-order valence-electron chi connectivity index (χ0n) is 9.55. The Morgan fingerprint density at radius 2 is 2.18 bits per heavy atom. The van der Waals surface area contributed by atoms with E-state index in [4.69, 9.17) is 19.5 Å². The maximum Gasteiger partial charge on any atom is 0.286 e. The van der Waals surface area contributed by atoms with Crippen LogP contribution in [-0.2, 0) is 14.4 Å². The van der Waals surface area contributed by atoms with Crippen molar-refractivity contribution >= 4 is 11.6 Å². The number of hydrogen-bond donors (Lipinski definition) is 1. The van der Waals surface area contributed by atoms with Gasteiger partial charge in [0.15, 0.2) is 5.71 Å². The van der Waals surface area contributed by atoms with E-state index >= 15 is 0 Å². The third-order valence-corrected chi connectivity index (χ3v) is 2.29. The summed E-state index contributed by atoms with van der Waals surface area (Å²) in [5.41, 5.74) is 1.40. The number of ether oxygens (including phenoxy) is 1. The van der Waals surface area contributed by atoms with Gasteiger partial charge in [0.1, 0.15) is 19.5 Å². The molecule has 1 aliphatic carbocycles. The lowest BCUT2D eigenvalue weighted by molar-refractivity contribution is 0.0949. The molecule has 0 spiro atoms. The summed E-state index contributed by atoms with van der Waals surface area (Å²) < 4.78 is 5.50. The number of allylic oxidation sites excluding steroid dienone is 3. The first-order valence-corrected chi connectivity index (χ1v) is 5.38. The monoisotopic (exact) mass is 238 g/mol. The first kappa shape index (κ1) is 11.7. The van der Waals surface area contributed by atoms with Gasteiger partial charge in [0.25, 0.3) is 5.90 Å². The van der Waals surface area contributed by atoms with E-state index < -0.39 is 0 Å². The van der Waals surface area contributed by atoms with E-state index in [2.05, 4.69) is 10.3 Å². The lowest BCUT2D eigenvalue weighted by Gasteiger charge is -2.03. The Hall–Kier alpha value is -1.82. The molecule has 0 saturated carbocycles. The van der Waals surface area contributed by atoms with Crippen molar-refractivity contribution in [3.05, 3.63) is 23.5 Å². The van der Waals surface area contributed by atoms with Crippen LogP contribution in [0.2, 0.25) is 0 Å². The molecule has 1 fully saturated rings. The summed E-state index contributed by atoms with van der Waals surface area (Å²) in [6, 6.07) is 0. The van der Waals surface area contributed by atoms with Gasteiger partial charge in [-0.05, 0) is 24.1 Å². The SMILES string of the molecule is CO/N=C1/C2=CCCC=C2O/C1=N\OCCO. The molecule has 0 amide bonds. The topological polar surface area (TPSA) is 72.6 Å². The molecule has 1 saturated heterocycles. The van der Waals surface area contributed by atoms with Crippen LogP contribution < -0.4 is 0 Å². The molecular weight excluding hydrogens is 224 g/mol. The van der Waals surface area contributed by atoms with E-state index in [0.29, 0.717) is 5.71 Å². The largest absolute Gasteiger partial charge is 0.434 e. The second-order valence-electron chi connectivity index (χ2n) is 3.44. The van der Waals surface area contributed by atoms with Crippen LogP contribution in [0.3, 0.4) is 0 Å². The minimum absolute atomic E-state index is 0.0983. The van der Waals surface area contributed by atoms with Crippen molar-refractivity contribution in [2.75, 3.05) is 20.3 Å². The van der Waals surface area contributed by atoms with Crippen LogP contribution in [0.4, 0.5) is 0 Å². The van der Waals surface area contributed by atoms with Crippen molar-refractivity contribution in [1.29, 1.82) is 0 Å². The maximum atomic E-state index is 8.60. The Kier molecular flexibility index (Phi) is 3.77. The Bertz CT molecular complexity index is 410. The quantitative estimate of drug-likeness (QED) is 0.584. The second kappa shape index (κ2) is 5.49. The van der Waals surface area contributed by atoms with Crippen LogP contribution in [-0.4, -0.2) is 37.0 Å². The van der Waals surface area contributed by atoms with Crippen molar-refractivity contribution in [2.45, 2.75) is 12.8 Å². The zero-order valence-corrected chi connectivity index (χ0v) is 9.55.